The Kier molecular flexibility index (Phi) is 3.51. The van der Waals surface area contributed by atoms with Crippen LogP contribution in [0.2, 0.25) is 0 Å². The van der Waals surface area contributed by atoms with Gasteiger partial charge in [0, 0.05) is 5.41 Å². The molecule has 0 radical (unpaired) electrons. The number of hydrogen-bond donors (Lipinski definition) is 2. The Morgan fingerprint density at radius 2 is 1.74 bits per heavy atom. The highest BCUT2D eigenvalue weighted by Crippen LogP contribution is 2.65. The second kappa shape index (κ2) is 5.22. The molecule has 0 aromatic carbocycles. The lowest BCUT2D eigenvalue weighted by Crippen LogP contribution is -2.53. The van der Waals surface area contributed by atoms with Crippen LogP contribution in [0.15, 0.2) is 10.3 Å². The molecule has 0 unspecified atom stereocenters. The maximum absolute atomic E-state index is 9.41. The summed E-state index contributed by atoms with van der Waals surface area (Å²) >= 11 is 0. The predicted octanol–water partition coefficient (Wildman–Crippen LogP) is 4.69. The van der Waals surface area contributed by atoms with E-state index in [0.29, 0.717) is 17.3 Å². The van der Waals surface area contributed by atoms with Crippen LogP contribution in [0.1, 0.15) is 71.6 Å². The molecule has 4 saturated carbocycles. The Morgan fingerprint density at radius 3 is 2.48 bits per heavy atom. The number of fused-ring (bicyclic) bond motifs is 5. The van der Waals surface area contributed by atoms with Crippen LogP contribution < -0.4 is 0 Å². The SMILES string of the molecule is C[C@]12CC/C(=N/O)C[C@@H]1CC[C@@H]1[C@@H]2CC[C@]2(C)/C(=N\O)CC[C@@H]12. The normalized spacial score (nSPS) is 53.0. The van der Waals surface area contributed by atoms with Crippen LogP contribution in [0.25, 0.3) is 0 Å². The van der Waals surface area contributed by atoms with E-state index >= 15 is 0 Å². The number of oxime groups is 2. The lowest BCUT2D eigenvalue weighted by Gasteiger charge is -2.59. The van der Waals surface area contributed by atoms with Crippen molar-refractivity contribution in [3.8, 4) is 0 Å². The molecule has 2 N–H and O–H groups in total. The van der Waals surface area contributed by atoms with Gasteiger partial charge in [-0.05, 0) is 86.9 Å². The van der Waals surface area contributed by atoms with Crippen molar-refractivity contribution in [3.63, 3.8) is 0 Å². The Labute approximate surface area is 139 Å². The van der Waals surface area contributed by atoms with E-state index < -0.39 is 0 Å². The minimum atomic E-state index is 0.144. The van der Waals surface area contributed by atoms with E-state index in [1.54, 1.807) is 0 Å². The van der Waals surface area contributed by atoms with Gasteiger partial charge in [0.1, 0.15) is 0 Å². The first-order chi connectivity index (χ1) is 11.0. The first kappa shape index (κ1) is 15.5. The van der Waals surface area contributed by atoms with Gasteiger partial charge in [0.25, 0.3) is 0 Å². The Balaban J connectivity index is 1.63. The third kappa shape index (κ3) is 2.02. The largest absolute Gasteiger partial charge is 0.411 e. The van der Waals surface area contributed by atoms with E-state index in [1.165, 1.54) is 38.5 Å². The molecule has 0 aliphatic heterocycles. The zero-order valence-electron chi connectivity index (χ0n) is 14.5. The number of hydrogen-bond acceptors (Lipinski definition) is 4. The Hall–Kier alpha value is -1.06. The molecule has 0 saturated heterocycles. The standard InChI is InChI=1S/C19H30N2O2/c1-18-9-7-13(20-22)11-12(18)3-4-14-15-5-6-17(21-23)19(15,2)10-8-16(14)18/h12,14-16,22-23H,3-11H2,1-2H3/b20-13-,21-17-/t12-,14-,15-,16-,18-,19-/m0/s1. The highest BCUT2D eigenvalue weighted by atomic mass is 16.4. The van der Waals surface area contributed by atoms with Gasteiger partial charge in [0.05, 0.1) is 11.4 Å². The summed E-state index contributed by atoms with van der Waals surface area (Å²) < 4.78 is 0. The molecule has 0 heterocycles. The van der Waals surface area contributed by atoms with Crippen molar-refractivity contribution in [2.24, 2.45) is 44.8 Å². The van der Waals surface area contributed by atoms with Crippen LogP contribution in [0.3, 0.4) is 0 Å². The van der Waals surface area contributed by atoms with Gasteiger partial charge in [-0.1, -0.05) is 24.2 Å². The summed E-state index contributed by atoms with van der Waals surface area (Å²) in [4.78, 5) is 0. The third-order valence-corrected chi connectivity index (χ3v) is 8.50. The fourth-order valence-electron chi connectivity index (χ4n) is 7.10. The van der Waals surface area contributed by atoms with Gasteiger partial charge in [-0.2, -0.15) is 0 Å². The fraction of sp³-hybridized carbons (Fsp3) is 0.895. The fourth-order valence-corrected chi connectivity index (χ4v) is 7.10. The van der Waals surface area contributed by atoms with E-state index in [2.05, 4.69) is 24.2 Å². The molecule has 4 heteroatoms. The van der Waals surface area contributed by atoms with Crippen molar-refractivity contribution in [3.05, 3.63) is 0 Å². The first-order valence-electron chi connectivity index (χ1n) is 9.44. The molecule has 4 rings (SSSR count). The Morgan fingerprint density at radius 1 is 0.913 bits per heavy atom. The minimum absolute atomic E-state index is 0.144. The summed E-state index contributed by atoms with van der Waals surface area (Å²) in [5.74, 6) is 3.00. The van der Waals surface area contributed by atoms with E-state index in [1.807, 2.05) is 0 Å². The third-order valence-electron chi connectivity index (χ3n) is 8.50. The lowest BCUT2D eigenvalue weighted by atomic mass is 9.45. The van der Waals surface area contributed by atoms with Crippen LogP contribution in [0, 0.1) is 34.5 Å². The molecule has 0 spiro atoms. The molecular formula is C19H30N2O2. The zero-order valence-corrected chi connectivity index (χ0v) is 14.5. The van der Waals surface area contributed by atoms with Crippen LogP contribution in [0.4, 0.5) is 0 Å². The molecule has 4 fully saturated rings. The van der Waals surface area contributed by atoms with Crippen molar-refractivity contribution in [2.45, 2.75) is 71.6 Å². The molecule has 0 aromatic heterocycles. The molecule has 23 heavy (non-hydrogen) atoms. The van der Waals surface area contributed by atoms with Gasteiger partial charge < -0.3 is 10.4 Å². The average molecular weight is 318 g/mol. The molecular weight excluding hydrogens is 288 g/mol. The van der Waals surface area contributed by atoms with Gasteiger partial charge in [-0.3, -0.25) is 0 Å². The summed E-state index contributed by atoms with van der Waals surface area (Å²) in [6.45, 7) is 4.86. The van der Waals surface area contributed by atoms with Crippen LogP contribution >= 0.6 is 0 Å². The van der Waals surface area contributed by atoms with Crippen LogP contribution in [-0.4, -0.2) is 21.8 Å². The molecule has 0 bridgehead atoms. The van der Waals surface area contributed by atoms with Crippen molar-refractivity contribution in [2.75, 3.05) is 0 Å². The van der Waals surface area contributed by atoms with Gasteiger partial charge in [0.15, 0.2) is 0 Å². The van der Waals surface area contributed by atoms with Crippen LogP contribution in [0.5, 0.6) is 0 Å². The maximum atomic E-state index is 9.41. The quantitative estimate of drug-likeness (QED) is 0.502. The predicted molar refractivity (Wildman–Crippen MR) is 90.2 cm³/mol. The second-order valence-corrected chi connectivity index (χ2v) is 9.07. The highest BCUT2D eigenvalue weighted by molar-refractivity contribution is 5.92. The van der Waals surface area contributed by atoms with Crippen molar-refractivity contribution >= 4 is 11.4 Å². The lowest BCUT2D eigenvalue weighted by molar-refractivity contribution is -0.0819. The van der Waals surface area contributed by atoms with Gasteiger partial charge in [-0.15, -0.1) is 0 Å². The van der Waals surface area contributed by atoms with Crippen molar-refractivity contribution in [1.29, 1.82) is 0 Å². The summed E-state index contributed by atoms with van der Waals surface area (Å²) in [7, 11) is 0. The number of nitrogens with zero attached hydrogens (tertiary/aromatic N) is 2. The second-order valence-electron chi connectivity index (χ2n) is 9.07. The van der Waals surface area contributed by atoms with Crippen molar-refractivity contribution < 1.29 is 10.4 Å². The van der Waals surface area contributed by atoms with E-state index in [-0.39, 0.29) is 5.41 Å². The molecule has 0 amide bonds. The van der Waals surface area contributed by atoms with Gasteiger partial charge in [0.2, 0.25) is 0 Å². The molecule has 4 aliphatic carbocycles. The Bertz CT molecular complexity index is 558. The summed E-state index contributed by atoms with van der Waals surface area (Å²) in [5.41, 5.74) is 2.64. The molecule has 128 valence electrons. The molecule has 4 nitrogen and oxygen atoms in total. The summed E-state index contributed by atoms with van der Waals surface area (Å²) in [6.07, 6.45) is 10.4. The van der Waals surface area contributed by atoms with Gasteiger partial charge in [-0.25, -0.2) is 0 Å². The summed E-state index contributed by atoms with van der Waals surface area (Å²) in [5, 5.41) is 25.8. The van der Waals surface area contributed by atoms with E-state index in [4.69, 9.17) is 5.21 Å². The van der Waals surface area contributed by atoms with Crippen LogP contribution in [-0.2, 0) is 0 Å². The monoisotopic (exact) mass is 318 g/mol. The first-order valence-corrected chi connectivity index (χ1v) is 9.44. The average Bonchev–Trinajstić information content (AvgIpc) is 2.90. The zero-order chi connectivity index (χ0) is 16.2. The maximum Gasteiger partial charge on any atom is 0.0632 e. The van der Waals surface area contributed by atoms with Gasteiger partial charge >= 0.3 is 0 Å². The molecule has 0 aromatic rings. The van der Waals surface area contributed by atoms with Crippen molar-refractivity contribution in [1.82, 2.24) is 0 Å². The van der Waals surface area contributed by atoms with E-state index in [0.717, 1.165) is 42.5 Å². The summed E-state index contributed by atoms with van der Waals surface area (Å²) in [6, 6.07) is 0. The minimum Gasteiger partial charge on any atom is -0.411 e. The highest BCUT2D eigenvalue weighted by Gasteiger charge is 2.59. The topological polar surface area (TPSA) is 65.2 Å². The van der Waals surface area contributed by atoms with E-state index in [9.17, 15) is 5.21 Å². The molecule has 6 atom stereocenters. The molecule has 4 aliphatic rings. The smallest absolute Gasteiger partial charge is 0.0632 e. The number of rotatable bonds is 0.